The maximum absolute atomic E-state index is 2.30. The first-order valence-electron chi connectivity index (χ1n) is 10.4. The van der Waals surface area contributed by atoms with E-state index in [1.54, 1.807) is 0 Å². The molecule has 0 atom stereocenters. The highest BCUT2D eigenvalue weighted by atomic mass is 28.1. The molecule has 0 unspecified atom stereocenters. The van der Waals surface area contributed by atoms with Gasteiger partial charge in [0.05, 0.1) is 0 Å². The predicted molar refractivity (Wildman–Crippen MR) is 107 cm³/mol. The lowest BCUT2D eigenvalue weighted by Crippen LogP contribution is -2.12. The van der Waals surface area contributed by atoms with E-state index in [2.05, 4.69) is 19.0 Å². The molecule has 0 aliphatic rings. The fourth-order valence-electron chi connectivity index (χ4n) is 3.15. The van der Waals surface area contributed by atoms with Gasteiger partial charge in [0, 0.05) is 10.2 Å². The molecule has 0 aromatic rings. The van der Waals surface area contributed by atoms with Crippen molar-refractivity contribution in [1.29, 1.82) is 0 Å². The minimum Gasteiger partial charge on any atom is -0.309 e. The summed E-state index contributed by atoms with van der Waals surface area (Å²) in [6, 6.07) is 1.51. The smallest absolute Gasteiger partial charge is 0.00279 e. The number of hydrogen-bond acceptors (Lipinski definition) is 1. The van der Waals surface area contributed by atoms with Gasteiger partial charge < -0.3 is 4.90 Å². The highest BCUT2D eigenvalue weighted by Gasteiger charge is 1.95. The summed E-state index contributed by atoms with van der Waals surface area (Å²) in [5, 5.41) is 0. The molecule has 0 aromatic heterocycles. The lowest BCUT2D eigenvalue weighted by atomic mass is 10.0. The van der Waals surface area contributed by atoms with Crippen molar-refractivity contribution in [3.05, 3.63) is 0 Å². The Morgan fingerprint density at radius 3 is 1.00 bits per heavy atom. The zero-order valence-corrected chi connectivity index (χ0v) is 18.2. The molecule has 0 aromatic carbocycles. The summed E-state index contributed by atoms with van der Waals surface area (Å²) in [6.07, 6.45) is 23.6. The number of unbranched alkanes of at least 4 members (excludes halogenated alkanes) is 15. The third-order valence-electron chi connectivity index (χ3n) is 4.71. The maximum Gasteiger partial charge on any atom is 0.00279 e. The van der Waals surface area contributed by atoms with E-state index in [1.165, 1.54) is 126 Å². The predicted octanol–water partition coefficient (Wildman–Crippen LogP) is 5.57. The molecule has 0 aliphatic carbocycles. The number of rotatable bonds is 18. The van der Waals surface area contributed by atoms with Gasteiger partial charge >= 0.3 is 0 Å². The largest absolute Gasteiger partial charge is 0.309 e. The van der Waals surface area contributed by atoms with Crippen molar-refractivity contribution in [3.63, 3.8) is 0 Å². The van der Waals surface area contributed by atoms with Gasteiger partial charge in [-0.1, -0.05) is 102 Å². The second kappa shape index (κ2) is 19.2. The molecular weight excluding hydrogens is 282 g/mol. The quantitative estimate of drug-likeness (QED) is 0.235. The number of hydrogen-bond donors (Lipinski definition) is 0. The molecule has 134 valence electrons. The minimum absolute atomic E-state index is 1.26. The first-order chi connectivity index (χ1) is 10.8. The second-order valence-electron chi connectivity index (χ2n) is 7.46. The van der Waals surface area contributed by atoms with Crippen molar-refractivity contribution in [1.82, 2.24) is 4.90 Å². The fraction of sp³-hybridized carbons (Fsp3) is 1.00. The Kier molecular flexibility index (Phi) is 19.4. The van der Waals surface area contributed by atoms with E-state index in [9.17, 15) is 0 Å². The molecular formula is C20H45NSi. The van der Waals surface area contributed by atoms with Gasteiger partial charge in [-0.05, 0) is 27.1 Å². The van der Waals surface area contributed by atoms with Gasteiger partial charge in [-0.15, -0.1) is 0 Å². The van der Waals surface area contributed by atoms with Gasteiger partial charge in [0.25, 0.3) is 0 Å². The SMILES string of the molecule is CN(C)CCCCCCCCCCCCCCCCCC[SiH3]. The molecule has 0 radical (unpaired) electrons. The summed E-state index contributed by atoms with van der Waals surface area (Å²) in [5.74, 6) is 0. The van der Waals surface area contributed by atoms with Crippen molar-refractivity contribution in [3.8, 4) is 0 Å². The molecule has 0 rings (SSSR count). The third kappa shape index (κ3) is 20.2. The molecule has 0 aliphatic heterocycles. The van der Waals surface area contributed by atoms with E-state index < -0.39 is 0 Å². The van der Waals surface area contributed by atoms with Crippen molar-refractivity contribution < 1.29 is 0 Å². The average Bonchev–Trinajstić information content (AvgIpc) is 2.50. The average molecular weight is 328 g/mol. The molecule has 2 heteroatoms. The normalized spacial score (nSPS) is 11.6. The maximum atomic E-state index is 2.30. The van der Waals surface area contributed by atoms with Gasteiger partial charge in [0.15, 0.2) is 0 Å². The van der Waals surface area contributed by atoms with Crippen LogP contribution >= 0.6 is 0 Å². The van der Waals surface area contributed by atoms with Crippen LogP contribution in [-0.4, -0.2) is 35.8 Å². The van der Waals surface area contributed by atoms with Gasteiger partial charge in [-0.2, -0.15) is 0 Å². The van der Waals surface area contributed by atoms with Crippen LogP contribution in [0.15, 0.2) is 0 Å². The molecule has 0 amide bonds. The molecule has 0 saturated heterocycles. The second-order valence-corrected chi connectivity index (χ2v) is 8.46. The van der Waals surface area contributed by atoms with Gasteiger partial charge in [0.1, 0.15) is 0 Å². The van der Waals surface area contributed by atoms with Crippen LogP contribution in [0.4, 0.5) is 0 Å². The van der Waals surface area contributed by atoms with Crippen LogP contribution in [0.2, 0.25) is 6.04 Å². The van der Waals surface area contributed by atoms with Gasteiger partial charge in [-0.25, -0.2) is 0 Å². The van der Waals surface area contributed by atoms with Gasteiger partial charge in [0.2, 0.25) is 0 Å². The summed E-state index contributed by atoms with van der Waals surface area (Å²) in [5.41, 5.74) is 0. The Morgan fingerprint density at radius 2 is 0.727 bits per heavy atom. The first kappa shape index (κ1) is 22.2. The van der Waals surface area contributed by atoms with E-state index in [4.69, 9.17) is 0 Å². The summed E-state index contributed by atoms with van der Waals surface area (Å²) < 4.78 is 0. The third-order valence-corrected chi connectivity index (χ3v) is 5.42. The van der Waals surface area contributed by atoms with E-state index in [-0.39, 0.29) is 0 Å². The van der Waals surface area contributed by atoms with Crippen LogP contribution < -0.4 is 0 Å². The van der Waals surface area contributed by atoms with Crippen LogP contribution in [0.3, 0.4) is 0 Å². The zero-order valence-electron chi connectivity index (χ0n) is 16.2. The van der Waals surface area contributed by atoms with Crippen molar-refractivity contribution in [2.45, 2.75) is 109 Å². The fourth-order valence-corrected chi connectivity index (χ4v) is 3.65. The summed E-state index contributed by atoms with van der Waals surface area (Å²) >= 11 is 0. The Hall–Kier alpha value is 0.177. The van der Waals surface area contributed by atoms with Crippen LogP contribution in [0.25, 0.3) is 0 Å². The van der Waals surface area contributed by atoms with Crippen molar-refractivity contribution in [2.24, 2.45) is 0 Å². The molecule has 1 nitrogen and oxygen atoms in total. The molecule has 0 heterocycles. The van der Waals surface area contributed by atoms with Crippen molar-refractivity contribution >= 4 is 10.2 Å². The van der Waals surface area contributed by atoms with Crippen LogP contribution in [0.1, 0.15) is 103 Å². The van der Waals surface area contributed by atoms with E-state index in [1.807, 2.05) is 0 Å². The highest BCUT2D eigenvalue weighted by molar-refractivity contribution is 6.08. The molecule has 0 fully saturated rings. The zero-order chi connectivity index (χ0) is 16.3. The van der Waals surface area contributed by atoms with Crippen LogP contribution in [-0.2, 0) is 0 Å². The molecule has 0 N–H and O–H groups in total. The number of nitrogens with zero attached hydrogens (tertiary/aromatic N) is 1. The highest BCUT2D eigenvalue weighted by Crippen LogP contribution is 2.13. The molecule has 0 bridgehead atoms. The lowest BCUT2D eigenvalue weighted by Gasteiger charge is -2.08. The van der Waals surface area contributed by atoms with Crippen LogP contribution in [0, 0.1) is 0 Å². The van der Waals surface area contributed by atoms with E-state index in [0.29, 0.717) is 0 Å². The van der Waals surface area contributed by atoms with E-state index in [0.717, 1.165) is 0 Å². The summed E-state index contributed by atoms with van der Waals surface area (Å²) in [4.78, 5) is 2.30. The van der Waals surface area contributed by atoms with E-state index >= 15 is 0 Å². The Balaban J connectivity index is 2.94. The van der Waals surface area contributed by atoms with Gasteiger partial charge in [-0.3, -0.25) is 0 Å². The molecule has 22 heavy (non-hydrogen) atoms. The van der Waals surface area contributed by atoms with Crippen molar-refractivity contribution in [2.75, 3.05) is 20.6 Å². The topological polar surface area (TPSA) is 3.24 Å². The summed E-state index contributed by atoms with van der Waals surface area (Å²) in [7, 11) is 5.76. The first-order valence-corrected chi connectivity index (χ1v) is 11.8. The lowest BCUT2D eigenvalue weighted by molar-refractivity contribution is 0.389. The summed E-state index contributed by atoms with van der Waals surface area (Å²) in [6.45, 7) is 1.26. The molecule has 0 spiro atoms. The monoisotopic (exact) mass is 327 g/mol. The Labute approximate surface area is 145 Å². The van der Waals surface area contributed by atoms with Crippen LogP contribution in [0.5, 0.6) is 0 Å². The molecule has 0 saturated carbocycles. The Morgan fingerprint density at radius 1 is 0.455 bits per heavy atom. The minimum atomic E-state index is 1.26. The Bertz CT molecular complexity index is 194. The standard InChI is InChI=1S/C20H45NSi/c1-21(2)19-17-15-13-11-9-7-5-3-4-6-8-10-12-14-16-18-20-22/h3-20H2,1-2,22H3.